The van der Waals surface area contributed by atoms with E-state index in [0.29, 0.717) is 6.42 Å². The lowest BCUT2D eigenvalue weighted by Crippen LogP contribution is -2.10. The van der Waals surface area contributed by atoms with E-state index in [1.54, 1.807) is 13.8 Å². The van der Waals surface area contributed by atoms with Gasteiger partial charge in [-0.1, -0.05) is 38.5 Å². The lowest BCUT2D eigenvalue weighted by Gasteiger charge is -2.12. The number of hydrogen-bond acceptors (Lipinski definition) is 2. The first-order valence-electron chi connectivity index (χ1n) is 6.90. The van der Waals surface area contributed by atoms with E-state index in [2.05, 4.69) is 0 Å². The Kier molecular flexibility index (Phi) is 10.5. The van der Waals surface area contributed by atoms with Gasteiger partial charge in [0.25, 0.3) is 0 Å². The van der Waals surface area contributed by atoms with Crippen molar-refractivity contribution in [3.63, 3.8) is 0 Å². The predicted octanol–water partition coefficient (Wildman–Crippen LogP) is 4.67. The Balaban J connectivity index is 3.06. The van der Waals surface area contributed by atoms with Gasteiger partial charge >= 0.3 is 5.97 Å². The van der Waals surface area contributed by atoms with Crippen molar-refractivity contribution in [1.82, 2.24) is 0 Å². The third kappa shape index (κ3) is 15.8. The van der Waals surface area contributed by atoms with Gasteiger partial charge in [0.1, 0.15) is 5.67 Å². The molecule has 0 fully saturated rings. The van der Waals surface area contributed by atoms with E-state index in [1.807, 2.05) is 0 Å². The molecule has 18 heavy (non-hydrogen) atoms. The van der Waals surface area contributed by atoms with Crippen LogP contribution in [-0.4, -0.2) is 28.3 Å². The molecule has 0 aromatic rings. The summed E-state index contributed by atoms with van der Waals surface area (Å²) in [5.41, 5.74) is -1.01. The fraction of sp³-hybridized carbons (Fsp3) is 0.929. The van der Waals surface area contributed by atoms with Crippen molar-refractivity contribution in [2.45, 2.75) is 70.9 Å². The number of alkyl halides is 1. The fourth-order valence-corrected chi connectivity index (χ4v) is 2.52. The number of unbranched alkanes of at least 4 members (excludes halogenated alkanes) is 6. The van der Waals surface area contributed by atoms with E-state index in [0.717, 1.165) is 25.0 Å². The maximum Gasteiger partial charge on any atom is 0.313 e. The largest absolute Gasteiger partial charge is 0.481 e. The molecule has 0 unspecified atom stereocenters. The minimum atomic E-state index is -1.01. The molecular weight excluding hydrogens is 250 g/mol. The van der Waals surface area contributed by atoms with Gasteiger partial charge in [-0.05, 0) is 32.4 Å². The molecule has 0 spiro atoms. The standard InChI is InChI=1S/C14H27FO2S/c1-14(2,15)10-8-6-4-3-5-7-9-11-18-12-13(16)17/h3-12H2,1-2H3,(H,16,17)/i15-1. The summed E-state index contributed by atoms with van der Waals surface area (Å²) in [6, 6.07) is 0. The van der Waals surface area contributed by atoms with Gasteiger partial charge in [-0.3, -0.25) is 4.79 Å². The van der Waals surface area contributed by atoms with Crippen LogP contribution in [-0.2, 0) is 4.79 Å². The van der Waals surface area contributed by atoms with Crippen molar-refractivity contribution in [2.24, 2.45) is 0 Å². The number of rotatable bonds is 12. The number of thioether (sulfide) groups is 1. The molecule has 1 N–H and O–H groups in total. The van der Waals surface area contributed by atoms with Crippen LogP contribution in [0.25, 0.3) is 0 Å². The highest BCUT2D eigenvalue weighted by atomic mass is 32.2. The molecule has 0 heterocycles. The summed E-state index contributed by atoms with van der Waals surface area (Å²) in [6.07, 6.45) is 8.69. The van der Waals surface area contributed by atoms with Crippen LogP contribution >= 0.6 is 11.8 Å². The second-order valence-corrected chi connectivity index (χ2v) is 6.50. The quantitative estimate of drug-likeness (QED) is 0.527. The molecule has 0 aromatic heterocycles. The van der Waals surface area contributed by atoms with Crippen molar-refractivity contribution in [1.29, 1.82) is 0 Å². The molecule has 4 heteroatoms. The van der Waals surface area contributed by atoms with Gasteiger partial charge in [-0.25, -0.2) is 4.39 Å². The molecule has 0 saturated heterocycles. The van der Waals surface area contributed by atoms with Crippen LogP contribution in [0.2, 0.25) is 0 Å². The molecule has 2 nitrogen and oxygen atoms in total. The van der Waals surface area contributed by atoms with Crippen molar-refractivity contribution in [3.8, 4) is 0 Å². The lowest BCUT2D eigenvalue weighted by atomic mass is 10.0. The van der Waals surface area contributed by atoms with Crippen LogP contribution in [0.3, 0.4) is 0 Å². The molecule has 0 aliphatic carbocycles. The second-order valence-electron chi connectivity index (χ2n) is 5.39. The van der Waals surface area contributed by atoms with E-state index >= 15 is 0 Å². The zero-order chi connectivity index (χ0) is 13.9. The first-order chi connectivity index (χ1) is 8.42. The summed E-state index contributed by atoms with van der Waals surface area (Å²) in [7, 11) is 0. The summed E-state index contributed by atoms with van der Waals surface area (Å²) < 4.78 is 13.1. The van der Waals surface area contributed by atoms with Crippen LogP contribution in [0.4, 0.5) is 4.39 Å². The van der Waals surface area contributed by atoms with Gasteiger partial charge in [0.15, 0.2) is 0 Å². The van der Waals surface area contributed by atoms with Crippen LogP contribution in [0.15, 0.2) is 0 Å². The van der Waals surface area contributed by atoms with Crippen molar-refractivity contribution >= 4 is 17.7 Å². The number of halogens is 1. The number of carboxylic acid groups (broad SMARTS) is 1. The minimum Gasteiger partial charge on any atom is -0.481 e. The van der Waals surface area contributed by atoms with Gasteiger partial charge < -0.3 is 5.11 Å². The van der Waals surface area contributed by atoms with Gasteiger partial charge in [0.05, 0.1) is 5.75 Å². The van der Waals surface area contributed by atoms with E-state index in [1.165, 1.54) is 37.4 Å². The van der Waals surface area contributed by atoms with Crippen LogP contribution < -0.4 is 0 Å². The van der Waals surface area contributed by atoms with E-state index in [9.17, 15) is 9.18 Å². The molecule has 108 valence electrons. The first-order valence-corrected chi connectivity index (χ1v) is 8.06. The average molecular weight is 277 g/mol. The summed E-state index contributed by atoms with van der Waals surface area (Å²) >= 11 is 1.49. The van der Waals surface area contributed by atoms with Crippen molar-refractivity contribution in [2.75, 3.05) is 11.5 Å². The van der Waals surface area contributed by atoms with Gasteiger partial charge in [-0.2, -0.15) is 11.8 Å². The van der Waals surface area contributed by atoms with Crippen LogP contribution in [0, 0.1) is 0 Å². The maximum atomic E-state index is 13.1. The van der Waals surface area contributed by atoms with Gasteiger partial charge in [0.2, 0.25) is 0 Å². The monoisotopic (exact) mass is 277 g/mol. The van der Waals surface area contributed by atoms with E-state index in [-0.39, 0.29) is 5.75 Å². The minimum absolute atomic E-state index is 0.221. The third-order valence-electron chi connectivity index (χ3n) is 2.79. The van der Waals surface area contributed by atoms with Crippen LogP contribution in [0.1, 0.15) is 65.2 Å². The van der Waals surface area contributed by atoms with Crippen molar-refractivity contribution in [3.05, 3.63) is 0 Å². The topological polar surface area (TPSA) is 37.3 Å². The average Bonchev–Trinajstić information content (AvgIpc) is 2.24. The zero-order valence-corrected chi connectivity index (χ0v) is 12.5. The molecule has 0 aliphatic heterocycles. The Bertz CT molecular complexity index is 214. The summed E-state index contributed by atoms with van der Waals surface area (Å²) in [5, 5.41) is 8.45. The van der Waals surface area contributed by atoms with Gasteiger partial charge in [0, 0.05) is 0 Å². The predicted molar refractivity (Wildman–Crippen MR) is 77.1 cm³/mol. The second kappa shape index (κ2) is 10.7. The Hall–Kier alpha value is -0.250. The summed E-state index contributed by atoms with van der Waals surface area (Å²) in [5.74, 6) is 0.442. The molecule has 0 aliphatic rings. The third-order valence-corrected chi connectivity index (χ3v) is 3.81. The van der Waals surface area contributed by atoms with E-state index < -0.39 is 11.6 Å². The molecule has 0 atom stereocenters. The smallest absolute Gasteiger partial charge is 0.313 e. The summed E-state index contributed by atoms with van der Waals surface area (Å²) in [6.45, 7) is 3.28. The highest BCUT2D eigenvalue weighted by molar-refractivity contribution is 7.99. The molecule has 0 radical (unpaired) electrons. The maximum absolute atomic E-state index is 13.1. The summed E-state index contributed by atoms with van der Waals surface area (Å²) in [4.78, 5) is 10.3. The SMILES string of the molecule is CC(C)([18F])CCCCCCCCCSCC(=O)O. The lowest BCUT2D eigenvalue weighted by molar-refractivity contribution is -0.133. The van der Waals surface area contributed by atoms with Gasteiger partial charge in [-0.15, -0.1) is 0 Å². The number of carbonyl (C=O) groups is 1. The molecule has 0 bridgehead atoms. The number of hydrogen-bond donors (Lipinski definition) is 1. The Labute approximate surface area is 115 Å². The normalized spacial score (nSPS) is 11.7. The molecule has 0 saturated carbocycles. The first kappa shape index (κ1) is 17.8. The highest BCUT2D eigenvalue weighted by Crippen LogP contribution is 2.19. The van der Waals surface area contributed by atoms with E-state index in [4.69, 9.17) is 5.11 Å². The Morgan fingerprint density at radius 3 is 2.06 bits per heavy atom. The molecular formula is C14H27FO2S. The Morgan fingerprint density at radius 2 is 1.56 bits per heavy atom. The van der Waals surface area contributed by atoms with Crippen molar-refractivity contribution < 1.29 is 14.3 Å². The van der Waals surface area contributed by atoms with Crippen LogP contribution in [0.5, 0.6) is 0 Å². The molecule has 0 rings (SSSR count). The zero-order valence-electron chi connectivity index (χ0n) is 11.7. The Morgan fingerprint density at radius 1 is 1.06 bits per heavy atom. The molecule has 0 amide bonds. The number of carboxylic acids is 1. The molecule has 0 aromatic carbocycles. The number of aliphatic carboxylic acids is 1. The highest BCUT2D eigenvalue weighted by Gasteiger charge is 2.13. The fourth-order valence-electron chi connectivity index (χ4n) is 1.79.